The zero-order valence-electron chi connectivity index (χ0n) is 14.5. The number of anilines is 2. The lowest BCUT2D eigenvalue weighted by molar-refractivity contribution is 0.243. The van der Waals surface area contributed by atoms with Crippen LogP contribution in [0.15, 0.2) is 36.7 Å². The number of rotatable bonds is 4. The number of aromatic nitrogens is 3. The van der Waals surface area contributed by atoms with E-state index in [1.807, 2.05) is 37.6 Å². The number of nitrogens with zero attached hydrogens (tertiary/aromatic N) is 3. The summed E-state index contributed by atoms with van der Waals surface area (Å²) >= 11 is 1.50. The highest BCUT2D eigenvalue weighted by Crippen LogP contribution is 2.35. The van der Waals surface area contributed by atoms with E-state index in [1.165, 1.54) is 23.5 Å². The third kappa shape index (κ3) is 3.32. The van der Waals surface area contributed by atoms with Crippen molar-refractivity contribution in [2.75, 3.05) is 5.32 Å². The maximum absolute atomic E-state index is 13.7. The fourth-order valence-corrected chi connectivity index (χ4v) is 3.59. The van der Waals surface area contributed by atoms with Gasteiger partial charge in [0.25, 0.3) is 0 Å². The summed E-state index contributed by atoms with van der Waals surface area (Å²) in [6.07, 6.45) is 1.77. The van der Waals surface area contributed by atoms with E-state index in [0.717, 1.165) is 21.3 Å². The number of nitrogens with one attached hydrogen (secondary N) is 1. The topological polar surface area (TPSA) is 52.0 Å². The number of hydrogen-bond acceptors (Lipinski definition) is 5. The van der Waals surface area contributed by atoms with Gasteiger partial charge in [-0.3, -0.25) is 0 Å². The standard InChI is InChI=1S/C18H17FN4OS.ClH/c1-10(2)24-14-6-4-11(19)8-12(14)21-18-22-17-15(25-18)7-5-13-16(17)20-9-23(13)3;/h4-10H,1-3H3,(H,21,22);1H. The zero-order valence-corrected chi connectivity index (χ0v) is 16.1. The van der Waals surface area contributed by atoms with Gasteiger partial charge < -0.3 is 14.6 Å². The van der Waals surface area contributed by atoms with Gasteiger partial charge in [-0.15, -0.1) is 12.4 Å². The lowest BCUT2D eigenvalue weighted by Gasteiger charge is -2.14. The van der Waals surface area contributed by atoms with Gasteiger partial charge in [0.2, 0.25) is 0 Å². The highest BCUT2D eigenvalue weighted by atomic mass is 35.5. The van der Waals surface area contributed by atoms with E-state index in [2.05, 4.69) is 15.3 Å². The van der Waals surface area contributed by atoms with Gasteiger partial charge in [0.15, 0.2) is 5.13 Å². The van der Waals surface area contributed by atoms with Crippen LogP contribution in [-0.2, 0) is 7.05 Å². The number of ether oxygens (including phenoxy) is 1. The molecule has 0 bridgehead atoms. The van der Waals surface area contributed by atoms with Gasteiger partial charge in [0, 0.05) is 13.1 Å². The molecule has 0 spiro atoms. The Morgan fingerprint density at radius 1 is 1.19 bits per heavy atom. The lowest BCUT2D eigenvalue weighted by atomic mass is 10.2. The minimum absolute atomic E-state index is 0. The fraction of sp³-hybridized carbons (Fsp3) is 0.222. The molecular formula is C18H18ClFN4OS. The molecule has 2 aromatic heterocycles. The molecule has 2 heterocycles. The fourth-order valence-electron chi connectivity index (χ4n) is 2.71. The van der Waals surface area contributed by atoms with E-state index >= 15 is 0 Å². The molecule has 2 aromatic carbocycles. The molecule has 0 aliphatic heterocycles. The summed E-state index contributed by atoms with van der Waals surface area (Å²) in [7, 11) is 1.95. The number of fused-ring (bicyclic) bond motifs is 3. The average molecular weight is 393 g/mol. The number of hydrogen-bond donors (Lipinski definition) is 1. The lowest BCUT2D eigenvalue weighted by Crippen LogP contribution is -2.07. The van der Waals surface area contributed by atoms with Gasteiger partial charge in [0.05, 0.1) is 28.3 Å². The van der Waals surface area contributed by atoms with Crippen molar-refractivity contribution in [1.82, 2.24) is 14.5 Å². The van der Waals surface area contributed by atoms with Crippen LogP contribution in [0.4, 0.5) is 15.2 Å². The van der Waals surface area contributed by atoms with Crippen molar-refractivity contribution in [3.05, 3.63) is 42.5 Å². The van der Waals surface area contributed by atoms with Gasteiger partial charge >= 0.3 is 0 Å². The molecule has 0 saturated carbocycles. The van der Waals surface area contributed by atoms with Crippen LogP contribution in [-0.4, -0.2) is 20.6 Å². The largest absolute Gasteiger partial charge is 0.489 e. The zero-order chi connectivity index (χ0) is 17.6. The Labute approximate surface area is 160 Å². The molecule has 0 saturated heterocycles. The number of aryl methyl sites for hydroxylation is 1. The molecule has 1 N–H and O–H groups in total. The van der Waals surface area contributed by atoms with Crippen LogP contribution in [0.1, 0.15) is 13.8 Å². The molecule has 5 nitrogen and oxygen atoms in total. The smallest absolute Gasteiger partial charge is 0.188 e. The monoisotopic (exact) mass is 392 g/mol. The molecule has 0 atom stereocenters. The minimum atomic E-state index is -0.327. The summed E-state index contributed by atoms with van der Waals surface area (Å²) < 4.78 is 22.4. The van der Waals surface area contributed by atoms with Crippen LogP contribution in [0.5, 0.6) is 5.75 Å². The van der Waals surface area contributed by atoms with Crippen molar-refractivity contribution in [3.8, 4) is 5.75 Å². The quantitative estimate of drug-likeness (QED) is 0.513. The van der Waals surface area contributed by atoms with Crippen molar-refractivity contribution in [1.29, 1.82) is 0 Å². The van der Waals surface area contributed by atoms with E-state index < -0.39 is 0 Å². The molecule has 0 amide bonds. The Bertz CT molecular complexity index is 1080. The summed E-state index contributed by atoms with van der Waals surface area (Å²) in [5.41, 5.74) is 3.29. The van der Waals surface area contributed by atoms with E-state index in [0.29, 0.717) is 16.6 Å². The molecule has 4 rings (SSSR count). The Hall–Kier alpha value is -2.38. The van der Waals surface area contributed by atoms with Crippen LogP contribution >= 0.6 is 23.7 Å². The summed E-state index contributed by atoms with van der Waals surface area (Å²) in [5.74, 6) is 0.269. The summed E-state index contributed by atoms with van der Waals surface area (Å²) in [6, 6.07) is 8.49. The van der Waals surface area contributed by atoms with Crippen LogP contribution in [0.25, 0.3) is 21.3 Å². The Morgan fingerprint density at radius 2 is 2.00 bits per heavy atom. The second-order valence-corrected chi connectivity index (χ2v) is 7.12. The van der Waals surface area contributed by atoms with Crippen molar-refractivity contribution in [3.63, 3.8) is 0 Å². The maximum Gasteiger partial charge on any atom is 0.188 e. The number of benzene rings is 2. The summed E-state index contributed by atoms with van der Waals surface area (Å²) in [5, 5.41) is 3.86. The molecule has 4 aromatic rings. The first-order valence-electron chi connectivity index (χ1n) is 7.95. The van der Waals surface area contributed by atoms with Gasteiger partial charge in [-0.1, -0.05) is 11.3 Å². The molecule has 0 fully saturated rings. The Morgan fingerprint density at radius 3 is 2.77 bits per heavy atom. The molecule has 0 unspecified atom stereocenters. The molecule has 136 valence electrons. The van der Waals surface area contributed by atoms with Crippen LogP contribution in [0.3, 0.4) is 0 Å². The Balaban J connectivity index is 0.00000196. The van der Waals surface area contributed by atoms with Crippen molar-refractivity contribution in [2.24, 2.45) is 7.05 Å². The molecule has 0 aliphatic carbocycles. The van der Waals surface area contributed by atoms with E-state index in [1.54, 1.807) is 12.4 Å². The predicted octanol–water partition coefficient (Wildman–Crippen LogP) is 5.27. The van der Waals surface area contributed by atoms with Gasteiger partial charge in [-0.05, 0) is 38.1 Å². The number of imidazole rings is 1. The van der Waals surface area contributed by atoms with Crippen LogP contribution < -0.4 is 10.1 Å². The first-order valence-corrected chi connectivity index (χ1v) is 8.77. The second kappa shape index (κ2) is 7.09. The Kier molecular flexibility index (Phi) is 5.02. The molecular weight excluding hydrogens is 375 g/mol. The first kappa shape index (κ1) is 18.4. The van der Waals surface area contributed by atoms with Gasteiger partial charge in [-0.2, -0.15) is 0 Å². The third-order valence-corrected chi connectivity index (χ3v) is 4.73. The molecule has 0 radical (unpaired) electrons. The van der Waals surface area contributed by atoms with Crippen LogP contribution in [0.2, 0.25) is 0 Å². The third-order valence-electron chi connectivity index (χ3n) is 3.80. The average Bonchev–Trinajstić information content (AvgIpc) is 3.13. The van der Waals surface area contributed by atoms with E-state index in [-0.39, 0.29) is 24.3 Å². The van der Waals surface area contributed by atoms with Crippen molar-refractivity contribution < 1.29 is 9.13 Å². The van der Waals surface area contributed by atoms with E-state index in [4.69, 9.17) is 4.74 Å². The highest BCUT2D eigenvalue weighted by Gasteiger charge is 2.13. The van der Waals surface area contributed by atoms with Gasteiger partial charge in [-0.25, -0.2) is 14.4 Å². The number of halogens is 2. The summed E-state index contributed by atoms with van der Waals surface area (Å²) in [4.78, 5) is 9.09. The number of thiazole rings is 1. The SMILES string of the molecule is CC(C)Oc1ccc(F)cc1Nc1nc2c(ccc3c2ncn3C)s1.Cl. The molecule has 8 heteroatoms. The minimum Gasteiger partial charge on any atom is -0.489 e. The summed E-state index contributed by atoms with van der Waals surface area (Å²) in [6.45, 7) is 3.87. The highest BCUT2D eigenvalue weighted by molar-refractivity contribution is 7.22. The molecule has 0 aliphatic rings. The predicted molar refractivity (Wildman–Crippen MR) is 107 cm³/mol. The van der Waals surface area contributed by atoms with Crippen molar-refractivity contribution in [2.45, 2.75) is 20.0 Å². The van der Waals surface area contributed by atoms with Gasteiger partial charge in [0.1, 0.15) is 22.6 Å². The van der Waals surface area contributed by atoms with E-state index in [9.17, 15) is 4.39 Å². The normalized spacial score (nSPS) is 11.1. The second-order valence-electron chi connectivity index (χ2n) is 6.09. The molecule has 26 heavy (non-hydrogen) atoms. The first-order chi connectivity index (χ1) is 12.0. The van der Waals surface area contributed by atoms with Crippen molar-refractivity contribution >= 4 is 55.8 Å². The van der Waals surface area contributed by atoms with Crippen LogP contribution in [0, 0.1) is 5.82 Å². The maximum atomic E-state index is 13.7.